The second kappa shape index (κ2) is 4.79. The number of hydrogen-bond acceptors (Lipinski definition) is 3. The van der Waals surface area contributed by atoms with Crippen molar-refractivity contribution >= 4 is 39.0 Å². The van der Waals surface area contributed by atoms with Gasteiger partial charge in [-0.15, -0.1) is 11.3 Å². The van der Waals surface area contributed by atoms with E-state index in [-0.39, 0.29) is 0 Å². The summed E-state index contributed by atoms with van der Waals surface area (Å²) in [5.41, 5.74) is 10.5. The Hall–Kier alpha value is -1.52. The first-order valence-corrected chi connectivity index (χ1v) is 7.74. The molecule has 2 N–H and O–H groups in total. The molecule has 1 aromatic carbocycles. The highest BCUT2D eigenvalue weighted by Gasteiger charge is 2.19. The monoisotopic (exact) mass is 305 g/mol. The Labute approximate surface area is 127 Å². The standard InChI is InChI=1S/C15H16ClN3S/c1-4-19-12-6-5-10(16)7-11(12)18-15(19)13-8(2)9(3)20-14(13)17/h5-7H,4,17H2,1-3H3. The average Bonchev–Trinajstić information content (AvgIpc) is 2.86. The van der Waals surface area contributed by atoms with Gasteiger partial charge in [-0.25, -0.2) is 4.98 Å². The van der Waals surface area contributed by atoms with Crippen LogP contribution in [0.5, 0.6) is 0 Å². The van der Waals surface area contributed by atoms with Crippen molar-refractivity contribution < 1.29 is 0 Å². The number of thiophene rings is 1. The van der Waals surface area contributed by atoms with E-state index in [0.717, 1.165) is 34.0 Å². The molecule has 2 heterocycles. The summed E-state index contributed by atoms with van der Waals surface area (Å²) in [6, 6.07) is 5.82. The van der Waals surface area contributed by atoms with E-state index in [4.69, 9.17) is 22.3 Å². The molecule has 0 amide bonds. The summed E-state index contributed by atoms with van der Waals surface area (Å²) in [5.74, 6) is 0.934. The molecule has 0 aliphatic heterocycles. The molecule has 0 aliphatic rings. The Morgan fingerprint density at radius 1 is 1.35 bits per heavy atom. The molecule has 0 atom stereocenters. The Kier molecular flexibility index (Phi) is 3.22. The van der Waals surface area contributed by atoms with Gasteiger partial charge in [-0.05, 0) is 44.5 Å². The van der Waals surface area contributed by atoms with Gasteiger partial charge in [0.15, 0.2) is 0 Å². The van der Waals surface area contributed by atoms with E-state index in [1.807, 2.05) is 18.2 Å². The van der Waals surface area contributed by atoms with Gasteiger partial charge < -0.3 is 10.3 Å². The number of anilines is 1. The number of nitrogens with zero attached hydrogens (tertiary/aromatic N) is 2. The van der Waals surface area contributed by atoms with Gasteiger partial charge in [0, 0.05) is 16.4 Å². The molecule has 0 unspecified atom stereocenters. The molecular formula is C15H16ClN3S. The van der Waals surface area contributed by atoms with E-state index in [0.29, 0.717) is 5.02 Å². The van der Waals surface area contributed by atoms with E-state index in [1.165, 1.54) is 10.4 Å². The molecule has 0 aliphatic carbocycles. The van der Waals surface area contributed by atoms with Crippen LogP contribution in [0.1, 0.15) is 17.4 Å². The number of nitrogens with two attached hydrogens (primary N) is 1. The summed E-state index contributed by atoms with van der Waals surface area (Å²) in [5, 5.41) is 1.53. The lowest BCUT2D eigenvalue weighted by Gasteiger charge is -2.07. The van der Waals surface area contributed by atoms with E-state index >= 15 is 0 Å². The van der Waals surface area contributed by atoms with Gasteiger partial charge in [0.25, 0.3) is 0 Å². The van der Waals surface area contributed by atoms with Crippen molar-refractivity contribution in [3.8, 4) is 11.4 Å². The second-order valence-corrected chi connectivity index (χ2v) is 6.53. The first-order valence-electron chi connectivity index (χ1n) is 6.54. The van der Waals surface area contributed by atoms with E-state index in [2.05, 4.69) is 25.3 Å². The Morgan fingerprint density at radius 2 is 2.10 bits per heavy atom. The smallest absolute Gasteiger partial charge is 0.144 e. The van der Waals surface area contributed by atoms with Crippen LogP contribution in [0.3, 0.4) is 0 Å². The number of benzene rings is 1. The van der Waals surface area contributed by atoms with Crippen LogP contribution in [-0.2, 0) is 6.54 Å². The fourth-order valence-electron chi connectivity index (χ4n) is 2.55. The molecule has 0 bridgehead atoms. The topological polar surface area (TPSA) is 43.8 Å². The quantitative estimate of drug-likeness (QED) is 0.749. The maximum Gasteiger partial charge on any atom is 0.144 e. The Morgan fingerprint density at radius 3 is 2.70 bits per heavy atom. The van der Waals surface area contributed by atoms with Crippen LogP contribution in [0.4, 0.5) is 5.00 Å². The highest BCUT2D eigenvalue weighted by molar-refractivity contribution is 7.16. The van der Waals surface area contributed by atoms with Crippen molar-refractivity contribution in [1.29, 1.82) is 0 Å². The average molecular weight is 306 g/mol. The maximum absolute atomic E-state index is 6.19. The Bertz CT molecular complexity index is 801. The molecule has 3 rings (SSSR count). The van der Waals surface area contributed by atoms with Gasteiger partial charge in [0.2, 0.25) is 0 Å². The number of halogens is 1. The third kappa shape index (κ3) is 1.91. The van der Waals surface area contributed by atoms with Gasteiger partial charge >= 0.3 is 0 Å². The van der Waals surface area contributed by atoms with Crippen LogP contribution in [0.25, 0.3) is 22.4 Å². The molecule has 0 spiro atoms. The van der Waals surface area contributed by atoms with Crippen molar-refractivity contribution in [2.45, 2.75) is 27.3 Å². The molecule has 20 heavy (non-hydrogen) atoms. The lowest BCUT2D eigenvalue weighted by atomic mass is 10.1. The van der Waals surface area contributed by atoms with Crippen molar-refractivity contribution in [2.24, 2.45) is 0 Å². The lowest BCUT2D eigenvalue weighted by Crippen LogP contribution is -1.99. The minimum atomic E-state index is 0.705. The first-order chi connectivity index (χ1) is 9.52. The normalized spacial score (nSPS) is 11.4. The summed E-state index contributed by atoms with van der Waals surface area (Å²) < 4.78 is 2.19. The van der Waals surface area contributed by atoms with Gasteiger partial charge in [-0.2, -0.15) is 0 Å². The maximum atomic E-state index is 6.19. The SMILES string of the molecule is CCn1c(-c2c(N)sc(C)c2C)nc2cc(Cl)ccc21. The number of imidazole rings is 1. The van der Waals surface area contributed by atoms with Crippen LogP contribution in [0, 0.1) is 13.8 Å². The molecule has 0 radical (unpaired) electrons. The third-order valence-electron chi connectivity index (χ3n) is 3.66. The molecule has 3 aromatic rings. The zero-order valence-corrected chi connectivity index (χ0v) is 13.3. The molecule has 2 aromatic heterocycles. The van der Waals surface area contributed by atoms with E-state index in [1.54, 1.807) is 11.3 Å². The molecule has 104 valence electrons. The highest BCUT2D eigenvalue weighted by Crippen LogP contribution is 2.39. The molecule has 3 nitrogen and oxygen atoms in total. The fraction of sp³-hybridized carbons (Fsp3) is 0.267. The molecule has 0 fully saturated rings. The van der Waals surface area contributed by atoms with Crippen LogP contribution in [-0.4, -0.2) is 9.55 Å². The van der Waals surface area contributed by atoms with Gasteiger partial charge in [0.1, 0.15) is 5.82 Å². The molecular weight excluding hydrogens is 290 g/mol. The van der Waals surface area contributed by atoms with Crippen molar-refractivity contribution in [3.63, 3.8) is 0 Å². The zero-order chi connectivity index (χ0) is 14.4. The summed E-state index contributed by atoms with van der Waals surface area (Å²) in [6.07, 6.45) is 0. The number of aromatic nitrogens is 2. The minimum Gasteiger partial charge on any atom is -0.390 e. The molecule has 0 saturated heterocycles. The highest BCUT2D eigenvalue weighted by atomic mass is 35.5. The van der Waals surface area contributed by atoms with Gasteiger partial charge in [-0.1, -0.05) is 11.6 Å². The summed E-state index contributed by atoms with van der Waals surface area (Å²) in [6.45, 7) is 7.16. The van der Waals surface area contributed by atoms with Gasteiger partial charge in [-0.3, -0.25) is 0 Å². The number of hydrogen-bond donors (Lipinski definition) is 1. The summed E-state index contributed by atoms with van der Waals surface area (Å²) in [7, 11) is 0. The van der Waals surface area contributed by atoms with E-state index < -0.39 is 0 Å². The number of fused-ring (bicyclic) bond motifs is 1. The van der Waals surface area contributed by atoms with Gasteiger partial charge in [0.05, 0.1) is 21.6 Å². The molecule has 0 saturated carbocycles. The zero-order valence-electron chi connectivity index (χ0n) is 11.7. The van der Waals surface area contributed by atoms with Crippen LogP contribution < -0.4 is 5.73 Å². The number of rotatable bonds is 2. The van der Waals surface area contributed by atoms with Crippen LogP contribution in [0.2, 0.25) is 5.02 Å². The van der Waals surface area contributed by atoms with Crippen LogP contribution >= 0.6 is 22.9 Å². The predicted octanol–water partition coefficient (Wildman–Crippen LogP) is 4.64. The van der Waals surface area contributed by atoms with E-state index in [9.17, 15) is 0 Å². The largest absolute Gasteiger partial charge is 0.390 e. The fourth-order valence-corrected chi connectivity index (χ4v) is 3.64. The number of nitrogen functional groups attached to an aromatic ring is 1. The van der Waals surface area contributed by atoms with Crippen molar-refractivity contribution in [2.75, 3.05) is 5.73 Å². The lowest BCUT2D eigenvalue weighted by molar-refractivity contribution is 0.796. The molecule has 5 heteroatoms. The minimum absolute atomic E-state index is 0.705. The third-order valence-corrected chi connectivity index (χ3v) is 4.93. The first kappa shape index (κ1) is 13.5. The Balaban J connectivity index is 2.36. The second-order valence-electron chi connectivity index (χ2n) is 4.84. The summed E-state index contributed by atoms with van der Waals surface area (Å²) >= 11 is 7.69. The summed E-state index contributed by atoms with van der Waals surface area (Å²) in [4.78, 5) is 6.00. The van der Waals surface area contributed by atoms with Crippen molar-refractivity contribution in [3.05, 3.63) is 33.7 Å². The predicted molar refractivity (Wildman–Crippen MR) is 87.6 cm³/mol. The van der Waals surface area contributed by atoms with Crippen LogP contribution in [0.15, 0.2) is 18.2 Å². The number of aryl methyl sites for hydroxylation is 2. The van der Waals surface area contributed by atoms with Crippen molar-refractivity contribution in [1.82, 2.24) is 9.55 Å².